The van der Waals surface area contributed by atoms with E-state index in [1.807, 2.05) is 30.3 Å². The fourth-order valence-electron chi connectivity index (χ4n) is 2.84. The number of thioether (sulfide) groups is 1. The predicted molar refractivity (Wildman–Crippen MR) is 130 cm³/mol. The number of thiazole rings is 1. The quantitative estimate of drug-likeness (QED) is 0.129. The van der Waals surface area contributed by atoms with Crippen LogP contribution in [-0.2, 0) is 4.79 Å². The van der Waals surface area contributed by atoms with Crippen molar-refractivity contribution in [3.8, 4) is 11.5 Å². The highest BCUT2D eigenvalue weighted by molar-refractivity contribution is 8.01. The minimum Gasteiger partial charge on any atom is -0.493 e. The molecule has 9 heteroatoms. The second kappa shape index (κ2) is 10.8. The highest BCUT2D eigenvalue weighted by Crippen LogP contribution is 2.29. The lowest BCUT2D eigenvalue weighted by Gasteiger charge is -2.10. The number of para-hydroxylation sites is 1. The van der Waals surface area contributed by atoms with Crippen LogP contribution < -0.4 is 14.9 Å². The number of methoxy groups -OCH3 is 1. The van der Waals surface area contributed by atoms with Gasteiger partial charge in [0.1, 0.15) is 0 Å². The molecule has 1 heterocycles. The molecule has 33 heavy (non-hydrogen) atoms. The zero-order valence-electron chi connectivity index (χ0n) is 17.6. The van der Waals surface area contributed by atoms with E-state index in [0.29, 0.717) is 16.9 Å². The Morgan fingerprint density at radius 2 is 1.85 bits per heavy atom. The largest absolute Gasteiger partial charge is 0.493 e. The number of fused-ring (bicyclic) bond motifs is 1. The van der Waals surface area contributed by atoms with Crippen LogP contribution in [0.4, 0.5) is 0 Å². The van der Waals surface area contributed by atoms with Crippen LogP contribution in [-0.4, -0.2) is 35.9 Å². The average Bonchev–Trinajstić information content (AvgIpc) is 3.27. The van der Waals surface area contributed by atoms with Crippen LogP contribution in [0.25, 0.3) is 10.2 Å². The highest BCUT2D eigenvalue weighted by Gasteiger charge is 2.13. The van der Waals surface area contributed by atoms with Crippen LogP contribution in [0.15, 0.2) is 82.2 Å². The van der Waals surface area contributed by atoms with Gasteiger partial charge in [-0.1, -0.05) is 42.1 Å². The maximum absolute atomic E-state index is 12.4. The van der Waals surface area contributed by atoms with E-state index in [1.54, 1.807) is 53.8 Å². The van der Waals surface area contributed by atoms with Gasteiger partial charge in [0, 0.05) is 0 Å². The van der Waals surface area contributed by atoms with Gasteiger partial charge in [-0.3, -0.25) is 4.79 Å². The van der Waals surface area contributed by atoms with E-state index in [9.17, 15) is 9.59 Å². The second-order valence-electron chi connectivity index (χ2n) is 6.70. The number of benzene rings is 3. The van der Waals surface area contributed by atoms with Gasteiger partial charge in [0.15, 0.2) is 15.8 Å². The van der Waals surface area contributed by atoms with Gasteiger partial charge in [-0.25, -0.2) is 15.2 Å². The number of carbonyl (C=O) groups excluding carboxylic acids is 2. The van der Waals surface area contributed by atoms with Crippen molar-refractivity contribution in [3.05, 3.63) is 83.9 Å². The molecule has 1 N–H and O–H groups in total. The number of hydrazone groups is 1. The second-order valence-corrected chi connectivity index (χ2v) is 8.95. The zero-order valence-corrected chi connectivity index (χ0v) is 19.2. The van der Waals surface area contributed by atoms with Crippen molar-refractivity contribution < 1.29 is 19.1 Å². The number of hydrogen-bond acceptors (Lipinski definition) is 8. The lowest BCUT2D eigenvalue weighted by molar-refractivity contribution is -0.118. The van der Waals surface area contributed by atoms with E-state index in [1.165, 1.54) is 25.1 Å². The summed E-state index contributed by atoms with van der Waals surface area (Å²) in [5, 5.41) is 3.99. The van der Waals surface area contributed by atoms with E-state index < -0.39 is 5.97 Å². The first-order chi connectivity index (χ1) is 16.1. The van der Waals surface area contributed by atoms with E-state index in [4.69, 9.17) is 9.47 Å². The fourth-order valence-corrected chi connectivity index (χ4v) is 4.70. The van der Waals surface area contributed by atoms with Crippen LogP contribution in [0.1, 0.15) is 15.9 Å². The van der Waals surface area contributed by atoms with Gasteiger partial charge in [-0.2, -0.15) is 5.10 Å². The maximum Gasteiger partial charge on any atom is 0.343 e. The molecular weight excluding hydrogens is 458 g/mol. The molecule has 1 aromatic heterocycles. The van der Waals surface area contributed by atoms with Crippen molar-refractivity contribution >= 4 is 51.4 Å². The first kappa shape index (κ1) is 22.5. The number of aromatic nitrogens is 1. The van der Waals surface area contributed by atoms with E-state index in [-0.39, 0.29) is 17.4 Å². The van der Waals surface area contributed by atoms with Crippen molar-refractivity contribution in [1.82, 2.24) is 10.4 Å². The molecule has 1 amide bonds. The summed E-state index contributed by atoms with van der Waals surface area (Å²) in [6.07, 6.45) is 1.47. The molecule has 0 aliphatic carbocycles. The standard InChI is InChI=1S/C24H19N3O4S2/c1-30-19-12-11-16(13-20(19)31-23(29)17-7-3-2-4-8-17)14-25-27-22(28)15-32-24-26-18-9-5-6-10-21(18)33-24/h2-14H,15H2,1H3,(H,27,28)/b25-14-. The topological polar surface area (TPSA) is 89.9 Å². The molecule has 0 aliphatic rings. The van der Waals surface area contributed by atoms with Gasteiger partial charge in [0.2, 0.25) is 0 Å². The Balaban J connectivity index is 1.34. The Kier molecular flexibility index (Phi) is 7.33. The fraction of sp³-hybridized carbons (Fsp3) is 0.0833. The number of ether oxygens (including phenoxy) is 2. The van der Waals surface area contributed by atoms with Crippen LogP contribution in [0.5, 0.6) is 11.5 Å². The third-order valence-corrected chi connectivity index (χ3v) is 6.58. The maximum atomic E-state index is 12.4. The number of esters is 1. The molecule has 3 aromatic carbocycles. The van der Waals surface area contributed by atoms with Crippen LogP contribution in [0.3, 0.4) is 0 Å². The van der Waals surface area contributed by atoms with Crippen LogP contribution in [0, 0.1) is 0 Å². The Bertz CT molecular complexity index is 1270. The van der Waals surface area contributed by atoms with Gasteiger partial charge in [0.05, 0.1) is 34.9 Å². The number of nitrogens with one attached hydrogen (secondary N) is 1. The van der Waals surface area contributed by atoms with E-state index in [0.717, 1.165) is 14.6 Å². The lowest BCUT2D eigenvalue weighted by atomic mass is 10.2. The van der Waals surface area contributed by atoms with Gasteiger partial charge in [-0.15, -0.1) is 11.3 Å². The molecule has 166 valence electrons. The molecular formula is C24H19N3O4S2. The molecule has 0 saturated carbocycles. The minimum absolute atomic E-state index is 0.194. The Labute approximate surface area is 198 Å². The summed E-state index contributed by atoms with van der Waals surface area (Å²) in [4.78, 5) is 29.0. The lowest BCUT2D eigenvalue weighted by Crippen LogP contribution is -2.19. The SMILES string of the molecule is COc1ccc(/C=N\NC(=O)CSc2nc3ccccc3s2)cc1OC(=O)c1ccccc1. The van der Waals surface area contributed by atoms with E-state index in [2.05, 4.69) is 15.5 Å². The predicted octanol–water partition coefficient (Wildman–Crippen LogP) is 4.77. The molecule has 0 atom stereocenters. The van der Waals surface area contributed by atoms with Crippen molar-refractivity contribution in [2.24, 2.45) is 5.10 Å². The molecule has 0 bridgehead atoms. The molecule has 7 nitrogen and oxygen atoms in total. The molecule has 0 unspecified atom stereocenters. The number of nitrogens with zero attached hydrogens (tertiary/aromatic N) is 2. The Morgan fingerprint density at radius 1 is 1.06 bits per heavy atom. The van der Waals surface area contributed by atoms with E-state index >= 15 is 0 Å². The number of amides is 1. The van der Waals surface area contributed by atoms with Crippen molar-refractivity contribution in [3.63, 3.8) is 0 Å². The molecule has 0 aliphatic heterocycles. The van der Waals surface area contributed by atoms with Crippen molar-refractivity contribution in [1.29, 1.82) is 0 Å². The number of carbonyl (C=O) groups is 2. The first-order valence-electron chi connectivity index (χ1n) is 9.88. The third kappa shape index (κ3) is 5.97. The Morgan fingerprint density at radius 3 is 2.64 bits per heavy atom. The van der Waals surface area contributed by atoms with Gasteiger partial charge >= 0.3 is 5.97 Å². The monoisotopic (exact) mass is 477 g/mol. The highest BCUT2D eigenvalue weighted by atomic mass is 32.2. The molecule has 4 rings (SSSR count). The minimum atomic E-state index is -0.497. The summed E-state index contributed by atoms with van der Waals surface area (Å²) in [5.41, 5.74) is 4.48. The Hall–Kier alpha value is -3.69. The molecule has 0 radical (unpaired) electrons. The van der Waals surface area contributed by atoms with Crippen LogP contribution in [0.2, 0.25) is 0 Å². The van der Waals surface area contributed by atoms with Crippen molar-refractivity contribution in [2.75, 3.05) is 12.9 Å². The molecule has 0 saturated heterocycles. The smallest absolute Gasteiger partial charge is 0.343 e. The number of hydrogen-bond donors (Lipinski definition) is 1. The zero-order chi connectivity index (χ0) is 23.0. The van der Waals surface area contributed by atoms with Gasteiger partial charge in [0.25, 0.3) is 5.91 Å². The van der Waals surface area contributed by atoms with Crippen LogP contribution >= 0.6 is 23.1 Å². The average molecular weight is 478 g/mol. The summed E-state index contributed by atoms with van der Waals surface area (Å²) in [6.45, 7) is 0. The molecule has 0 fully saturated rings. The molecule has 0 spiro atoms. The summed E-state index contributed by atoms with van der Waals surface area (Å²) in [6, 6.07) is 21.5. The first-order valence-corrected chi connectivity index (χ1v) is 11.7. The summed E-state index contributed by atoms with van der Waals surface area (Å²) >= 11 is 2.91. The van der Waals surface area contributed by atoms with Crippen molar-refractivity contribution in [2.45, 2.75) is 4.34 Å². The normalized spacial score (nSPS) is 10.9. The number of rotatable bonds is 8. The third-order valence-electron chi connectivity index (χ3n) is 4.40. The molecule has 4 aromatic rings. The van der Waals surface area contributed by atoms with Gasteiger partial charge in [-0.05, 0) is 48.0 Å². The summed E-state index contributed by atoms with van der Waals surface area (Å²) in [7, 11) is 1.49. The summed E-state index contributed by atoms with van der Waals surface area (Å²) in [5.74, 6) is 0.114. The van der Waals surface area contributed by atoms with Gasteiger partial charge < -0.3 is 9.47 Å². The summed E-state index contributed by atoms with van der Waals surface area (Å²) < 4.78 is 12.7.